The fourth-order valence-corrected chi connectivity index (χ4v) is 1.73. The SMILES string of the molecule is Cc1ccc(C(O)C2=CCCO2)cc1C. The van der Waals surface area contributed by atoms with Gasteiger partial charge in [-0.2, -0.15) is 0 Å². The number of aryl methyl sites for hydroxylation is 2. The molecule has 0 spiro atoms. The van der Waals surface area contributed by atoms with E-state index in [4.69, 9.17) is 4.74 Å². The molecule has 1 aromatic carbocycles. The van der Waals surface area contributed by atoms with E-state index in [-0.39, 0.29) is 0 Å². The lowest BCUT2D eigenvalue weighted by Crippen LogP contribution is -2.02. The zero-order valence-electron chi connectivity index (χ0n) is 9.16. The van der Waals surface area contributed by atoms with E-state index in [1.54, 1.807) is 0 Å². The molecule has 1 aliphatic heterocycles. The van der Waals surface area contributed by atoms with Gasteiger partial charge in [-0.1, -0.05) is 18.2 Å². The molecule has 2 heteroatoms. The van der Waals surface area contributed by atoms with Gasteiger partial charge in [0.05, 0.1) is 6.61 Å². The third-order valence-electron chi connectivity index (χ3n) is 2.85. The minimum Gasteiger partial charge on any atom is -0.495 e. The summed E-state index contributed by atoms with van der Waals surface area (Å²) in [6.07, 6.45) is 2.25. The Balaban J connectivity index is 2.25. The molecule has 0 saturated carbocycles. The highest BCUT2D eigenvalue weighted by Crippen LogP contribution is 2.27. The van der Waals surface area contributed by atoms with Crippen LogP contribution in [0.3, 0.4) is 0 Å². The number of hydrogen-bond donors (Lipinski definition) is 1. The van der Waals surface area contributed by atoms with Crippen molar-refractivity contribution < 1.29 is 9.84 Å². The van der Waals surface area contributed by atoms with Gasteiger partial charge in [0, 0.05) is 6.42 Å². The Hall–Kier alpha value is -1.28. The van der Waals surface area contributed by atoms with Gasteiger partial charge in [-0.25, -0.2) is 0 Å². The van der Waals surface area contributed by atoms with Crippen molar-refractivity contribution in [1.29, 1.82) is 0 Å². The molecule has 0 saturated heterocycles. The predicted molar refractivity (Wildman–Crippen MR) is 59.5 cm³/mol. The minimum atomic E-state index is -0.605. The Kier molecular flexibility index (Phi) is 2.78. The van der Waals surface area contributed by atoms with E-state index >= 15 is 0 Å². The summed E-state index contributed by atoms with van der Waals surface area (Å²) in [5, 5.41) is 10.0. The van der Waals surface area contributed by atoms with Crippen molar-refractivity contribution in [3.8, 4) is 0 Å². The Morgan fingerprint density at radius 3 is 2.67 bits per heavy atom. The van der Waals surface area contributed by atoms with Crippen LogP contribution in [0.2, 0.25) is 0 Å². The van der Waals surface area contributed by atoms with E-state index in [0.29, 0.717) is 12.4 Å². The molecule has 0 fully saturated rings. The quantitative estimate of drug-likeness (QED) is 0.802. The lowest BCUT2D eigenvalue weighted by Gasteiger charge is -2.13. The van der Waals surface area contributed by atoms with Gasteiger partial charge in [0.25, 0.3) is 0 Å². The first kappa shape index (κ1) is 10.2. The minimum absolute atomic E-state index is 0.605. The zero-order chi connectivity index (χ0) is 10.8. The van der Waals surface area contributed by atoms with Crippen LogP contribution in [0.1, 0.15) is 29.2 Å². The van der Waals surface area contributed by atoms with Crippen molar-refractivity contribution in [3.63, 3.8) is 0 Å². The Labute approximate surface area is 90.2 Å². The highest BCUT2D eigenvalue weighted by molar-refractivity contribution is 5.33. The Morgan fingerprint density at radius 2 is 2.07 bits per heavy atom. The van der Waals surface area contributed by atoms with Gasteiger partial charge in [-0.3, -0.25) is 0 Å². The molecule has 1 aliphatic rings. The lowest BCUT2D eigenvalue weighted by molar-refractivity contribution is 0.119. The van der Waals surface area contributed by atoms with Crippen molar-refractivity contribution in [2.75, 3.05) is 6.61 Å². The summed E-state index contributed by atoms with van der Waals surface area (Å²) in [5.41, 5.74) is 3.35. The Bertz CT molecular complexity index is 394. The van der Waals surface area contributed by atoms with E-state index < -0.39 is 6.10 Å². The molecule has 1 atom stereocenters. The van der Waals surface area contributed by atoms with Gasteiger partial charge < -0.3 is 9.84 Å². The Morgan fingerprint density at radius 1 is 1.27 bits per heavy atom. The molecule has 0 radical (unpaired) electrons. The summed E-state index contributed by atoms with van der Waals surface area (Å²) in [4.78, 5) is 0. The normalized spacial score (nSPS) is 17.1. The summed E-state index contributed by atoms with van der Waals surface area (Å²) in [7, 11) is 0. The highest BCUT2D eigenvalue weighted by atomic mass is 16.5. The van der Waals surface area contributed by atoms with Crippen LogP contribution < -0.4 is 0 Å². The maximum atomic E-state index is 10.0. The van der Waals surface area contributed by atoms with Crippen molar-refractivity contribution in [2.45, 2.75) is 26.4 Å². The number of ether oxygens (including phenoxy) is 1. The third-order valence-corrected chi connectivity index (χ3v) is 2.85. The van der Waals surface area contributed by atoms with Crippen LogP contribution in [-0.4, -0.2) is 11.7 Å². The lowest BCUT2D eigenvalue weighted by atomic mass is 10.0. The fourth-order valence-electron chi connectivity index (χ4n) is 1.73. The van der Waals surface area contributed by atoms with Gasteiger partial charge in [-0.05, 0) is 36.6 Å². The van der Waals surface area contributed by atoms with Crippen LogP contribution in [0.5, 0.6) is 0 Å². The predicted octanol–water partition coefficient (Wildman–Crippen LogP) is 2.64. The first-order chi connectivity index (χ1) is 7.18. The van der Waals surface area contributed by atoms with Gasteiger partial charge >= 0.3 is 0 Å². The van der Waals surface area contributed by atoms with Crippen molar-refractivity contribution in [3.05, 3.63) is 46.7 Å². The largest absolute Gasteiger partial charge is 0.495 e. The number of rotatable bonds is 2. The summed E-state index contributed by atoms with van der Waals surface area (Å²) < 4.78 is 5.35. The van der Waals surface area contributed by atoms with Crippen molar-refractivity contribution in [2.24, 2.45) is 0 Å². The van der Waals surface area contributed by atoms with Crippen LogP contribution in [0, 0.1) is 13.8 Å². The second kappa shape index (κ2) is 4.07. The third kappa shape index (κ3) is 2.05. The smallest absolute Gasteiger partial charge is 0.136 e. The molecular formula is C13H16O2. The van der Waals surface area contributed by atoms with E-state index in [2.05, 4.69) is 13.8 Å². The monoisotopic (exact) mass is 204 g/mol. The molecule has 0 aliphatic carbocycles. The number of benzene rings is 1. The van der Waals surface area contributed by atoms with Gasteiger partial charge in [-0.15, -0.1) is 0 Å². The standard InChI is InChI=1S/C13H16O2/c1-9-5-6-11(8-10(9)2)13(14)12-4-3-7-15-12/h4-6,8,13-14H,3,7H2,1-2H3. The average molecular weight is 204 g/mol. The highest BCUT2D eigenvalue weighted by Gasteiger charge is 2.17. The van der Waals surface area contributed by atoms with Crippen LogP contribution >= 0.6 is 0 Å². The van der Waals surface area contributed by atoms with Gasteiger partial charge in [0.1, 0.15) is 11.9 Å². The second-order valence-corrected chi connectivity index (χ2v) is 3.99. The molecule has 2 rings (SSSR count). The van der Waals surface area contributed by atoms with Crippen LogP contribution in [-0.2, 0) is 4.74 Å². The van der Waals surface area contributed by atoms with Crippen LogP contribution in [0.4, 0.5) is 0 Å². The summed E-state index contributed by atoms with van der Waals surface area (Å²) >= 11 is 0. The first-order valence-corrected chi connectivity index (χ1v) is 5.26. The molecule has 0 aromatic heterocycles. The van der Waals surface area contributed by atoms with E-state index in [9.17, 15) is 5.11 Å². The second-order valence-electron chi connectivity index (χ2n) is 3.99. The topological polar surface area (TPSA) is 29.5 Å². The molecule has 1 aromatic rings. The van der Waals surface area contributed by atoms with Crippen molar-refractivity contribution >= 4 is 0 Å². The first-order valence-electron chi connectivity index (χ1n) is 5.26. The van der Waals surface area contributed by atoms with Crippen LogP contribution in [0.25, 0.3) is 0 Å². The summed E-state index contributed by atoms with van der Waals surface area (Å²) in [5.74, 6) is 0.693. The van der Waals surface area contributed by atoms with Crippen LogP contribution in [0.15, 0.2) is 30.0 Å². The number of aliphatic hydroxyl groups excluding tert-OH is 1. The fraction of sp³-hybridized carbons (Fsp3) is 0.385. The molecule has 15 heavy (non-hydrogen) atoms. The van der Waals surface area contributed by atoms with Crippen molar-refractivity contribution in [1.82, 2.24) is 0 Å². The molecule has 1 N–H and O–H groups in total. The molecule has 80 valence electrons. The molecule has 2 nitrogen and oxygen atoms in total. The maximum absolute atomic E-state index is 10.0. The maximum Gasteiger partial charge on any atom is 0.136 e. The van der Waals surface area contributed by atoms with E-state index in [0.717, 1.165) is 12.0 Å². The summed E-state index contributed by atoms with van der Waals surface area (Å²) in [6, 6.07) is 6.00. The molecular weight excluding hydrogens is 188 g/mol. The van der Waals surface area contributed by atoms with E-state index in [1.165, 1.54) is 11.1 Å². The molecule has 0 amide bonds. The van der Waals surface area contributed by atoms with Gasteiger partial charge in [0.15, 0.2) is 0 Å². The number of hydrogen-bond acceptors (Lipinski definition) is 2. The van der Waals surface area contributed by atoms with Gasteiger partial charge in [0.2, 0.25) is 0 Å². The van der Waals surface area contributed by atoms with E-state index in [1.807, 2.05) is 24.3 Å². The molecule has 1 unspecified atom stereocenters. The number of aliphatic hydroxyl groups is 1. The average Bonchev–Trinajstić information content (AvgIpc) is 2.74. The summed E-state index contributed by atoms with van der Waals surface area (Å²) in [6.45, 7) is 4.81. The zero-order valence-corrected chi connectivity index (χ0v) is 9.16. The molecule has 1 heterocycles. The molecule has 0 bridgehead atoms.